The summed E-state index contributed by atoms with van der Waals surface area (Å²) in [7, 11) is 8.12. The number of aryl methyl sites for hydroxylation is 3. The van der Waals surface area contributed by atoms with Crippen LogP contribution in [0.15, 0.2) is 148 Å². The Labute approximate surface area is 852 Å². The van der Waals surface area contributed by atoms with Gasteiger partial charge in [0.15, 0.2) is 0 Å². The molecule has 0 bridgehead atoms. The molecule has 0 saturated carbocycles. The fourth-order valence-electron chi connectivity index (χ4n) is 20.1. The molecular formula is C101H113F18N27O4. The lowest BCUT2D eigenvalue weighted by atomic mass is 10.0. The van der Waals surface area contributed by atoms with E-state index in [1.165, 1.54) is 25.7 Å². The van der Waals surface area contributed by atoms with E-state index >= 15 is 0 Å². The maximum Gasteiger partial charge on any atom is 0.416 e. The van der Waals surface area contributed by atoms with Gasteiger partial charge in [0.1, 0.15) is 23.0 Å². The number of aliphatic hydroxyl groups is 1. The van der Waals surface area contributed by atoms with Crippen LogP contribution in [0.2, 0.25) is 0 Å². The van der Waals surface area contributed by atoms with Gasteiger partial charge in [0.05, 0.1) is 90.4 Å². The van der Waals surface area contributed by atoms with E-state index < -0.39 is 94.5 Å². The fraction of sp³-hybridized carbons (Fsp3) is 0.485. The van der Waals surface area contributed by atoms with E-state index in [-0.39, 0.29) is 116 Å². The van der Waals surface area contributed by atoms with Crippen LogP contribution in [0, 0.1) is 0 Å². The standard InChI is InChI=1S/C34H37F6N9O2.C34H39F6N9O.C33H37F6N9O/c1-4-26-13-27(20-48(26)29-28(30(50)51-3)17-43-32(45-29)47-8-6-5-7-9-47)49(31-41-14-22(15-42-31)23-16-44-46(2)19-23)18-21-10-24(33(35,36)37)12-25(11-21)34(38,39)40;1-4-28-13-29(20-48(28)30-25(21-50-3)16-43-32(45-30)47-8-6-5-7-9-47)49(31-41-14-23(15-42-31)24-17-44-46(2)19-24)18-22-10-26(33(35,36)37)12-27(11-22)34(38,39)40;1-3-27-12-28(19-47(27)29-24(20-49)15-42-31(44-29)46-7-5-4-6-8-46)48(30-40-13-22(14-41-30)23-16-43-45(2)18-23)17-21-9-25(32(34,35)36)11-26(10-21)33(37,38)39/h10-12,14-17,19,26-27H,4-9,13,18,20H2,1-3H3;10-12,14-17,19,28-29H,4-9,13,18,20-21H2,1-3H3;9-11,13-16,18,27-28,49H,3-8,12,17,19-20H2,1-2H3/t26-,27+;28-,29+;27-,28+/m111/s1. The zero-order valence-corrected chi connectivity index (χ0v) is 83.4. The third-order valence-electron chi connectivity index (χ3n) is 27.7. The second-order valence-corrected chi connectivity index (χ2v) is 38.1. The largest absolute Gasteiger partial charge is 0.465 e. The molecule has 802 valence electrons. The lowest BCUT2D eigenvalue weighted by molar-refractivity contribution is -0.144. The number of piperidine rings is 3. The van der Waals surface area contributed by atoms with Crippen molar-refractivity contribution in [3.63, 3.8) is 0 Å². The number of anilines is 9. The van der Waals surface area contributed by atoms with Gasteiger partial charge in [0.2, 0.25) is 35.7 Å². The first-order valence-corrected chi connectivity index (χ1v) is 49.3. The smallest absolute Gasteiger partial charge is 0.416 e. The first-order valence-electron chi connectivity index (χ1n) is 49.3. The van der Waals surface area contributed by atoms with Gasteiger partial charge in [-0.25, -0.2) is 49.7 Å². The normalized spacial score (nSPS) is 18.5. The number of hydrogen-bond acceptors (Lipinski definition) is 28. The highest BCUT2D eigenvalue weighted by Gasteiger charge is 2.47. The van der Waals surface area contributed by atoms with Crippen LogP contribution in [0.25, 0.3) is 33.4 Å². The topological polar surface area (TPSA) is 293 Å². The molecule has 15 heterocycles. The summed E-state index contributed by atoms with van der Waals surface area (Å²) in [6.07, 6.45) is 7.31. The van der Waals surface area contributed by atoms with Crippen LogP contribution in [0.4, 0.5) is 132 Å². The van der Waals surface area contributed by atoms with Crippen molar-refractivity contribution in [1.82, 2.24) is 89.1 Å². The van der Waals surface area contributed by atoms with E-state index in [4.69, 9.17) is 24.4 Å². The van der Waals surface area contributed by atoms with Crippen molar-refractivity contribution in [2.75, 3.05) is 117 Å². The number of alkyl halides is 18. The molecule has 3 aromatic carbocycles. The van der Waals surface area contributed by atoms with Crippen molar-refractivity contribution < 1.29 is 98.4 Å². The lowest BCUT2D eigenvalue weighted by Gasteiger charge is -2.31. The third kappa shape index (κ3) is 25.9. The van der Waals surface area contributed by atoms with Crippen molar-refractivity contribution >= 4 is 59.1 Å². The molecule has 9 aromatic heterocycles. The molecule has 0 spiro atoms. The molecule has 0 unspecified atom stereocenters. The number of carbonyl (C=O) groups excluding carboxylic acids is 1. The number of rotatable bonds is 28. The van der Waals surface area contributed by atoms with E-state index in [2.05, 4.69) is 84.7 Å². The molecule has 150 heavy (non-hydrogen) atoms. The molecule has 6 aliphatic rings. The average Bonchev–Trinajstić information content (AvgIpc) is 1.50. The van der Waals surface area contributed by atoms with Gasteiger partial charge in [-0.3, -0.25) is 14.0 Å². The second-order valence-electron chi connectivity index (χ2n) is 38.1. The number of benzene rings is 3. The van der Waals surface area contributed by atoms with Gasteiger partial charge in [-0.05, 0) is 168 Å². The predicted octanol–water partition coefficient (Wildman–Crippen LogP) is 19.7. The fourth-order valence-corrected chi connectivity index (χ4v) is 20.1. The maximum absolute atomic E-state index is 13.9. The van der Waals surface area contributed by atoms with Crippen molar-refractivity contribution in [2.45, 2.75) is 223 Å². The Morgan fingerprint density at radius 2 is 0.627 bits per heavy atom. The number of esters is 1. The van der Waals surface area contributed by atoms with Gasteiger partial charge < -0.3 is 58.7 Å². The number of hydrogen-bond donors (Lipinski definition) is 1. The molecule has 6 fully saturated rings. The lowest BCUT2D eigenvalue weighted by Crippen LogP contribution is -2.39. The van der Waals surface area contributed by atoms with E-state index in [0.29, 0.717) is 109 Å². The van der Waals surface area contributed by atoms with Crippen molar-refractivity contribution in [3.05, 3.63) is 214 Å². The molecule has 0 aliphatic carbocycles. The molecular weight excluding hydrogens is 2000 g/mol. The van der Waals surface area contributed by atoms with E-state index in [1.54, 1.807) is 131 Å². The molecule has 0 radical (unpaired) electrons. The van der Waals surface area contributed by atoms with Gasteiger partial charge in [-0.2, -0.15) is 109 Å². The van der Waals surface area contributed by atoms with E-state index in [0.717, 1.165) is 156 Å². The zero-order chi connectivity index (χ0) is 107. The number of aliphatic hydroxyl groups excluding tert-OH is 1. The highest BCUT2D eigenvalue weighted by atomic mass is 19.4. The summed E-state index contributed by atoms with van der Waals surface area (Å²) < 4.78 is 265. The SMILES string of the molecule is CC[C@@H]1C[C@H](N(Cc2cc(C(F)(F)F)cc(C(F)(F)F)c2)c2ncc(-c3cnn(C)c3)cn2)CN1c1nc(N2CCCCC2)ncc1C(=O)OC.CC[C@@H]1C[C@H](N(Cc2cc(C(F)(F)F)cc(C(F)(F)F)c2)c2ncc(-c3cnn(C)c3)cn2)CN1c1nc(N2CCCCC2)ncc1CO.CC[C@@H]1C[C@H](N(Cc2cc(C(F)(F)F)cc(C(F)(F)F)c2)c2ncc(-c3cnn(C)c3)cn2)CN1c1nc(N2CCCCC2)ncc1COC. The van der Waals surface area contributed by atoms with E-state index in [9.17, 15) is 88.9 Å². The molecule has 12 aromatic rings. The van der Waals surface area contributed by atoms with Crippen molar-refractivity contribution in [2.24, 2.45) is 21.1 Å². The molecule has 49 heteroatoms. The van der Waals surface area contributed by atoms with Gasteiger partial charge >= 0.3 is 43.0 Å². The van der Waals surface area contributed by atoms with Gasteiger partial charge in [-0.1, -0.05) is 20.8 Å². The Morgan fingerprint density at radius 1 is 0.353 bits per heavy atom. The molecule has 0 amide bonds. The zero-order valence-electron chi connectivity index (χ0n) is 83.4. The monoisotopic (exact) mass is 2110 g/mol. The highest BCUT2D eigenvalue weighted by Crippen LogP contribution is 2.46. The van der Waals surface area contributed by atoms with Gasteiger partial charge in [0, 0.05) is 244 Å². The summed E-state index contributed by atoms with van der Waals surface area (Å²) in [5, 5.41) is 22.7. The number of halogens is 18. The summed E-state index contributed by atoms with van der Waals surface area (Å²) >= 11 is 0. The first kappa shape index (κ1) is 109. The summed E-state index contributed by atoms with van der Waals surface area (Å²) in [6, 6.07) is 3.14. The molecule has 6 atom stereocenters. The number of aromatic nitrogens is 18. The Hall–Kier alpha value is -13.9. The number of methoxy groups -OCH3 is 2. The summed E-state index contributed by atoms with van der Waals surface area (Å²) in [6.45, 7) is 10.7. The summed E-state index contributed by atoms with van der Waals surface area (Å²) in [4.78, 5) is 86.1. The number of ether oxygens (including phenoxy) is 2. The van der Waals surface area contributed by atoms with Crippen molar-refractivity contribution in [1.29, 1.82) is 0 Å². The Morgan fingerprint density at radius 3 is 0.887 bits per heavy atom. The molecule has 18 rings (SSSR count). The van der Waals surface area contributed by atoms with Crippen LogP contribution in [0.3, 0.4) is 0 Å². The molecule has 31 nitrogen and oxygen atoms in total. The predicted molar refractivity (Wildman–Crippen MR) is 522 cm³/mol. The maximum atomic E-state index is 13.9. The summed E-state index contributed by atoms with van der Waals surface area (Å²) in [5.41, 5.74) is -3.27. The molecule has 6 aliphatic heterocycles. The van der Waals surface area contributed by atoms with Crippen molar-refractivity contribution in [3.8, 4) is 33.4 Å². The quantitative estimate of drug-likeness (QED) is 0.0352. The van der Waals surface area contributed by atoms with Crippen LogP contribution in [0.5, 0.6) is 0 Å². The van der Waals surface area contributed by atoms with Crippen LogP contribution in [-0.4, -0.2) is 210 Å². The Kier molecular flexibility index (Phi) is 33.3. The van der Waals surface area contributed by atoms with Crippen LogP contribution >= 0.6 is 0 Å². The van der Waals surface area contributed by atoms with Gasteiger partial charge in [-0.15, -0.1) is 0 Å². The van der Waals surface area contributed by atoms with E-state index in [1.807, 2.05) is 25.7 Å². The average molecular weight is 2110 g/mol. The number of nitrogens with zero attached hydrogens (tertiary/aromatic N) is 27. The Balaban J connectivity index is 0.000000160. The summed E-state index contributed by atoms with van der Waals surface area (Å²) in [5.74, 6) is 3.04. The Bertz CT molecular complexity index is 6470. The molecule has 6 saturated heterocycles. The van der Waals surface area contributed by atoms with Crippen LogP contribution in [-0.2, 0) is 101 Å². The van der Waals surface area contributed by atoms with Crippen LogP contribution in [0.1, 0.15) is 189 Å². The minimum absolute atomic E-state index is 0.0517. The first-order chi connectivity index (χ1) is 71.4. The third-order valence-corrected chi connectivity index (χ3v) is 27.7. The highest BCUT2D eigenvalue weighted by molar-refractivity contribution is 5.95. The van der Waals surface area contributed by atoms with Crippen LogP contribution < -0.4 is 44.1 Å². The molecule has 1 N–H and O–H groups in total. The minimum Gasteiger partial charge on any atom is -0.465 e. The second kappa shape index (κ2) is 45.9. The van der Waals surface area contributed by atoms with Gasteiger partial charge in [0.25, 0.3) is 0 Å². The number of carbonyl (C=O) groups is 1. The minimum atomic E-state index is -5.01.